The summed E-state index contributed by atoms with van der Waals surface area (Å²) in [7, 11) is 6.86. The highest BCUT2D eigenvalue weighted by atomic mass is 35.5. The van der Waals surface area contributed by atoms with E-state index in [4.69, 9.17) is 11.6 Å². The molecule has 0 saturated carbocycles. The molecule has 0 N–H and O–H groups in total. The maximum absolute atomic E-state index is 5.60. The molecule has 0 aromatic heterocycles. The molecule has 0 spiro atoms. The van der Waals surface area contributed by atoms with E-state index < -0.39 is 0 Å². The lowest BCUT2D eigenvalue weighted by atomic mass is 10.1. The van der Waals surface area contributed by atoms with E-state index in [-0.39, 0.29) is 4.87 Å². The largest absolute Gasteiger partial charge is 0.331 e. The molecule has 0 aliphatic heterocycles. The van der Waals surface area contributed by atoms with E-state index >= 15 is 0 Å². The molecule has 22 heavy (non-hydrogen) atoms. The van der Waals surface area contributed by atoms with Crippen LogP contribution in [0.15, 0.2) is 12.7 Å². The van der Waals surface area contributed by atoms with Crippen LogP contribution in [0.2, 0.25) is 0 Å². The van der Waals surface area contributed by atoms with Crippen molar-refractivity contribution in [2.24, 2.45) is 0 Å². The third kappa shape index (κ3) is 28.2. The van der Waals surface area contributed by atoms with Gasteiger partial charge < -0.3 is 4.48 Å². The summed E-state index contributed by atoms with van der Waals surface area (Å²) in [5, 5.41) is 0. The minimum Gasteiger partial charge on any atom is -0.331 e. The molecule has 1 nitrogen and oxygen atoms in total. The Labute approximate surface area is 146 Å². The molecule has 0 rings (SSSR count). The number of hydrogen-bond acceptors (Lipinski definition) is 0. The number of alkyl halides is 1. The van der Waals surface area contributed by atoms with Gasteiger partial charge in [0, 0.05) is 0 Å². The molecule has 0 aromatic rings. The molecule has 134 valence electrons. The summed E-state index contributed by atoms with van der Waals surface area (Å²) in [5.41, 5.74) is 0. The molecule has 0 bridgehead atoms. The SMILES string of the molecule is C=CC(C)(C)Cl.CCCCCCCCCCCC[N+](C)(C)C. The normalized spacial score (nSPS) is 11.8. The van der Waals surface area contributed by atoms with Crippen molar-refractivity contribution in [3.63, 3.8) is 0 Å². The number of rotatable bonds is 12. The minimum absolute atomic E-state index is 0.222. The van der Waals surface area contributed by atoms with E-state index in [1.807, 2.05) is 13.8 Å². The minimum atomic E-state index is -0.222. The number of hydrogen-bond donors (Lipinski definition) is 0. The zero-order chi connectivity index (χ0) is 17.5. The van der Waals surface area contributed by atoms with Crippen LogP contribution in [0.1, 0.15) is 85.0 Å². The summed E-state index contributed by atoms with van der Waals surface area (Å²) in [6.07, 6.45) is 16.1. The number of quaternary nitrogens is 1. The number of unbranched alkanes of at least 4 members (excludes halogenated alkanes) is 9. The lowest BCUT2D eigenvalue weighted by Gasteiger charge is -2.23. The number of nitrogens with zero attached hydrogens (tertiary/aromatic N) is 1. The lowest BCUT2D eigenvalue weighted by molar-refractivity contribution is -0.870. The summed E-state index contributed by atoms with van der Waals surface area (Å²) in [6.45, 7) is 10.9. The van der Waals surface area contributed by atoms with Crippen molar-refractivity contribution in [3.8, 4) is 0 Å². The molecule has 0 aliphatic carbocycles. The maximum Gasteiger partial charge on any atom is 0.0780 e. The second kappa shape index (κ2) is 14.6. The lowest BCUT2D eigenvalue weighted by Crippen LogP contribution is -2.35. The molecule has 0 aromatic carbocycles. The van der Waals surface area contributed by atoms with Gasteiger partial charge in [0.25, 0.3) is 0 Å². The van der Waals surface area contributed by atoms with Gasteiger partial charge in [-0.25, -0.2) is 0 Å². The second-order valence-electron chi connectivity index (χ2n) is 7.96. The Hall–Kier alpha value is -0.0100. The van der Waals surface area contributed by atoms with Gasteiger partial charge in [-0.3, -0.25) is 0 Å². The Balaban J connectivity index is 0. The van der Waals surface area contributed by atoms with Crippen LogP contribution in [0.4, 0.5) is 0 Å². The standard InChI is InChI=1S/C15H34N.C5H9Cl/c1-5-6-7-8-9-10-11-12-13-14-15-16(2,3)4;1-4-5(2,3)6/h5-15H2,1-4H3;4H,1H2,2-3H3/q+1;. The highest BCUT2D eigenvalue weighted by Gasteiger charge is 2.05. The predicted molar refractivity (Wildman–Crippen MR) is 105 cm³/mol. The Morgan fingerprint density at radius 1 is 0.818 bits per heavy atom. The zero-order valence-corrected chi connectivity index (χ0v) is 17.1. The average Bonchev–Trinajstić information content (AvgIpc) is 2.39. The first-order chi connectivity index (χ1) is 10.1. The van der Waals surface area contributed by atoms with Gasteiger partial charge in [0.15, 0.2) is 0 Å². The van der Waals surface area contributed by atoms with Crippen LogP contribution in [-0.4, -0.2) is 37.0 Å². The smallest absolute Gasteiger partial charge is 0.0780 e. The number of allylic oxidation sites excluding steroid dienone is 1. The summed E-state index contributed by atoms with van der Waals surface area (Å²) in [5.74, 6) is 0. The van der Waals surface area contributed by atoms with Crippen molar-refractivity contribution in [3.05, 3.63) is 12.7 Å². The van der Waals surface area contributed by atoms with Crippen molar-refractivity contribution in [2.45, 2.75) is 89.9 Å². The average molecular weight is 333 g/mol. The highest BCUT2D eigenvalue weighted by molar-refractivity contribution is 6.24. The Kier molecular flexibility index (Phi) is 16.1. The van der Waals surface area contributed by atoms with Gasteiger partial charge in [0.1, 0.15) is 0 Å². The summed E-state index contributed by atoms with van der Waals surface area (Å²) >= 11 is 5.60. The fourth-order valence-corrected chi connectivity index (χ4v) is 2.07. The second-order valence-corrected chi connectivity index (χ2v) is 8.94. The molecule has 0 heterocycles. The molecular formula is C20H43ClN+. The van der Waals surface area contributed by atoms with Crippen molar-refractivity contribution in [1.82, 2.24) is 0 Å². The van der Waals surface area contributed by atoms with E-state index in [9.17, 15) is 0 Å². The van der Waals surface area contributed by atoms with Gasteiger partial charge in [-0.2, -0.15) is 0 Å². The molecule has 0 atom stereocenters. The Morgan fingerprint density at radius 2 is 1.14 bits per heavy atom. The monoisotopic (exact) mass is 332 g/mol. The fourth-order valence-electron chi connectivity index (χ4n) is 2.07. The molecule has 0 aliphatic rings. The van der Waals surface area contributed by atoms with Crippen LogP contribution in [-0.2, 0) is 0 Å². The fraction of sp³-hybridized carbons (Fsp3) is 0.900. The Morgan fingerprint density at radius 3 is 1.41 bits per heavy atom. The molecule has 0 unspecified atom stereocenters. The van der Waals surface area contributed by atoms with E-state index in [1.54, 1.807) is 6.08 Å². The first-order valence-corrected chi connectivity index (χ1v) is 9.63. The van der Waals surface area contributed by atoms with Crippen molar-refractivity contribution in [2.75, 3.05) is 27.7 Å². The molecule has 0 fully saturated rings. The van der Waals surface area contributed by atoms with Crippen LogP contribution >= 0.6 is 11.6 Å². The molecular weight excluding hydrogens is 290 g/mol. The van der Waals surface area contributed by atoms with Gasteiger partial charge in [0.2, 0.25) is 0 Å². The van der Waals surface area contributed by atoms with Crippen LogP contribution in [0.3, 0.4) is 0 Å². The van der Waals surface area contributed by atoms with Crippen LogP contribution < -0.4 is 0 Å². The molecule has 0 amide bonds. The van der Waals surface area contributed by atoms with Crippen LogP contribution in [0.25, 0.3) is 0 Å². The van der Waals surface area contributed by atoms with E-state index in [1.165, 1.54) is 70.8 Å². The van der Waals surface area contributed by atoms with Gasteiger partial charge in [-0.15, -0.1) is 18.2 Å². The van der Waals surface area contributed by atoms with E-state index in [2.05, 4.69) is 34.6 Å². The van der Waals surface area contributed by atoms with Crippen molar-refractivity contribution < 1.29 is 4.48 Å². The van der Waals surface area contributed by atoms with Gasteiger partial charge in [0.05, 0.1) is 32.6 Å². The van der Waals surface area contributed by atoms with Crippen LogP contribution in [0, 0.1) is 0 Å². The van der Waals surface area contributed by atoms with E-state index in [0.29, 0.717) is 0 Å². The molecule has 0 radical (unpaired) electrons. The summed E-state index contributed by atoms with van der Waals surface area (Å²) in [4.78, 5) is -0.222. The van der Waals surface area contributed by atoms with Gasteiger partial charge in [-0.05, 0) is 26.7 Å². The van der Waals surface area contributed by atoms with E-state index in [0.717, 1.165) is 4.48 Å². The molecule has 0 saturated heterocycles. The zero-order valence-electron chi connectivity index (χ0n) is 16.4. The summed E-state index contributed by atoms with van der Waals surface area (Å²) in [6, 6.07) is 0. The Bertz CT molecular complexity index is 235. The van der Waals surface area contributed by atoms with Gasteiger partial charge in [-0.1, -0.05) is 64.4 Å². The predicted octanol–water partition coefficient (Wildman–Crippen LogP) is 6.80. The van der Waals surface area contributed by atoms with Gasteiger partial charge >= 0.3 is 0 Å². The first kappa shape index (κ1) is 24.2. The molecule has 2 heteroatoms. The van der Waals surface area contributed by atoms with Crippen molar-refractivity contribution >= 4 is 11.6 Å². The maximum atomic E-state index is 5.60. The first-order valence-electron chi connectivity index (χ1n) is 9.25. The van der Waals surface area contributed by atoms with Crippen molar-refractivity contribution in [1.29, 1.82) is 0 Å². The third-order valence-corrected chi connectivity index (χ3v) is 3.82. The van der Waals surface area contributed by atoms with Crippen LogP contribution in [0.5, 0.6) is 0 Å². The number of halogens is 1. The highest BCUT2D eigenvalue weighted by Crippen LogP contribution is 2.12. The quantitative estimate of drug-likeness (QED) is 0.159. The third-order valence-electron chi connectivity index (χ3n) is 3.67. The topological polar surface area (TPSA) is 0 Å². The summed E-state index contributed by atoms with van der Waals surface area (Å²) < 4.78 is 1.12.